The van der Waals surface area contributed by atoms with Crippen LogP contribution in [0.1, 0.15) is 26.3 Å². The molecule has 0 bridgehead atoms. The Labute approximate surface area is 173 Å². The first kappa shape index (κ1) is 22.4. The monoisotopic (exact) mass is 414 g/mol. The number of ether oxygens (including phenoxy) is 3. The van der Waals surface area contributed by atoms with E-state index in [1.807, 2.05) is 0 Å². The predicted molar refractivity (Wildman–Crippen MR) is 106 cm³/mol. The zero-order valence-corrected chi connectivity index (χ0v) is 16.6. The van der Waals surface area contributed by atoms with Gasteiger partial charge in [-0.25, -0.2) is 4.79 Å². The fraction of sp³-hybridized carbons (Fsp3) is 0.238. The first-order valence-electron chi connectivity index (χ1n) is 8.95. The maximum atomic E-state index is 12.1. The quantitative estimate of drug-likeness (QED) is 0.589. The summed E-state index contributed by atoms with van der Waals surface area (Å²) in [6.07, 6.45) is 0. The Morgan fingerprint density at radius 1 is 0.900 bits per heavy atom. The summed E-state index contributed by atoms with van der Waals surface area (Å²) in [7, 11) is 2.73. The van der Waals surface area contributed by atoms with Crippen molar-refractivity contribution in [2.24, 2.45) is 0 Å². The lowest BCUT2D eigenvalue weighted by atomic mass is 10.1. The summed E-state index contributed by atoms with van der Waals surface area (Å²) < 4.78 is 14.5. The van der Waals surface area contributed by atoms with Crippen LogP contribution in [-0.2, 0) is 25.6 Å². The van der Waals surface area contributed by atoms with E-state index in [0.717, 1.165) is 5.56 Å². The molecular weight excluding hydrogens is 392 g/mol. The lowest BCUT2D eigenvalue weighted by molar-refractivity contribution is -0.147. The van der Waals surface area contributed by atoms with Gasteiger partial charge in [0.05, 0.1) is 25.3 Å². The summed E-state index contributed by atoms with van der Waals surface area (Å²) >= 11 is 0. The summed E-state index contributed by atoms with van der Waals surface area (Å²) in [6, 6.07) is 13.1. The van der Waals surface area contributed by atoms with Gasteiger partial charge in [-0.3, -0.25) is 14.4 Å². The number of hydrogen-bond acceptors (Lipinski definition) is 7. The van der Waals surface area contributed by atoms with E-state index in [-0.39, 0.29) is 18.7 Å². The van der Waals surface area contributed by atoms with Crippen molar-refractivity contribution >= 4 is 23.8 Å². The first-order valence-corrected chi connectivity index (χ1v) is 8.95. The van der Waals surface area contributed by atoms with Gasteiger partial charge in [0.15, 0.2) is 6.61 Å². The van der Waals surface area contributed by atoms with Crippen LogP contribution in [0.15, 0.2) is 48.5 Å². The second-order valence-corrected chi connectivity index (χ2v) is 6.01. The second-order valence-electron chi connectivity index (χ2n) is 6.01. The van der Waals surface area contributed by atoms with E-state index < -0.39 is 30.4 Å². The van der Waals surface area contributed by atoms with Crippen LogP contribution in [0.2, 0.25) is 0 Å². The van der Waals surface area contributed by atoms with Gasteiger partial charge in [-0.05, 0) is 29.8 Å². The number of carbonyl (C=O) groups is 4. The number of nitrogens with one attached hydrogen (secondary N) is 2. The minimum absolute atomic E-state index is 0.197. The second kappa shape index (κ2) is 11.2. The smallest absolute Gasteiger partial charge is 0.337 e. The summed E-state index contributed by atoms with van der Waals surface area (Å²) in [5, 5.41) is 5.00. The minimum atomic E-state index is -0.754. The maximum Gasteiger partial charge on any atom is 0.337 e. The van der Waals surface area contributed by atoms with Crippen LogP contribution in [0.3, 0.4) is 0 Å². The van der Waals surface area contributed by atoms with Crippen molar-refractivity contribution in [1.29, 1.82) is 0 Å². The molecule has 30 heavy (non-hydrogen) atoms. The molecule has 0 radical (unpaired) electrons. The molecule has 2 aromatic rings. The largest absolute Gasteiger partial charge is 0.496 e. The highest BCUT2D eigenvalue weighted by Crippen LogP contribution is 2.16. The molecule has 0 heterocycles. The molecule has 0 aromatic heterocycles. The van der Waals surface area contributed by atoms with Gasteiger partial charge in [0, 0.05) is 6.54 Å². The highest BCUT2D eigenvalue weighted by atomic mass is 16.5. The third-order valence-electron chi connectivity index (χ3n) is 3.97. The van der Waals surface area contributed by atoms with Crippen molar-refractivity contribution in [1.82, 2.24) is 10.6 Å². The molecule has 2 N–H and O–H groups in total. The van der Waals surface area contributed by atoms with Gasteiger partial charge in [-0.1, -0.05) is 24.3 Å². The van der Waals surface area contributed by atoms with Crippen molar-refractivity contribution in [2.45, 2.75) is 6.54 Å². The van der Waals surface area contributed by atoms with E-state index in [1.54, 1.807) is 48.5 Å². The average Bonchev–Trinajstić information content (AvgIpc) is 2.79. The third kappa shape index (κ3) is 6.62. The van der Waals surface area contributed by atoms with E-state index >= 15 is 0 Å². The van der Waals surface area contributed by atoms with Crippen molar-refractivity contribution in [3.63, 3.8) is 0 Å². The number of methoxy groups -OCH3 is 2. The van der Waals surface area contributed by atoms with Gasteiger partial charge in [0.2, 0.25) is 0 Å². The van der Waals surface area contributed by atoms with E-state index in [9.17, 15) is 19.2 Å². The Hall–Kier alpha value is -3.88. The molecule has 9 heteroatoms. The molecule has 2 aromatic carbocycles. The summed E-state index contributed by atoms with van der Waals surface area (Å²) in [6.45, 7) is -0.675. The van der Waals surface area contributed by atoms with Crippen molar-refractivity contribution < 1.29 is 33.4 Å². The molecule has 0 fully saturated rings. The number of carbonyl (C=O) groups excluding carboxylic acids is 4. The topological polar surface area (TPSA) is 120 Å². The molecular formula is C21H22N2O7. The summed E-state index contributed by atoms with van der Waals surface area (Å²) in [4.78, 5) is 47.0. The number of benzene rings is 2. The van der Waals surface area contributed by atoms with Crippen molar-refractivity contribution in [3.05, 3.63) is 65.2 Å². The Bertz CT molecular complexity index is 910. The lowest BCUT2D eigenvalue weighted by Crippen LogP contribution is -2.33. The normalized spacial score (nSPS) is 9.93. The van der Waals surface area contributed by atoms with Gasteiger partial charge in [-0.2, -0.15) is 0 Å². The average molecular weight is 414 g/mol. The van der Waals surface area contributed by atoms with Crippen LogP contribution >= 0.6 is 0 Å². The van der Waals surface area contributed by atoms with Gasteiger partial charge in [0.25, 0.3) is 11.8 Å². The molecule has 0 atom stereocenters. The molecule has 158 valence electrons. The Morgan fingerprint density at radius 3 is 2.27 bits per heavy atom. The van der Waals surface area contributed by atoms with Crippen LogP contribution in [0.4, 0.5) is 0 Å². The number of para-hydroxylation sites is 1. The van der Waals surface area contributed by atoms with Crippen LogP contribution in [0.5, 0.6) is 5.75 Å². The number of esters is 2. The van der Waals surface area contributed by atoms with E-state index in [0.29, 0.717) is 11.3 Å². The molecule has 0 saturated carbocycles. The van der Waals surface area contributed by atoms with Gasteiger partial charge >= 0.3 is 11.9 Å². The molecule has 0 unspecified atom stereocenters. The minimum Gasteiger partial charge on any atom is -0.496 e. The van der Waals surface area contributed by atoms with Crippen molar-refractivity contribution in [2.75, 3.05) is 27.4 Å². The standard InChI is InChI=1S/C21H22N2O7/c1-28-17-6-4-3-5-16(17)20(26)23-12-19(25)30-13-18(24)22-11-14-7-9-15(10-8-14)21(27)29-2/h3-10H,11-13H2,1-2H3,(H,22,24)(H,23,26). The SMILES string of the molecule is COC(=O)c1ccc(CNC(=O)COC(=O)CNC(=O)c2ccccc2OC)cc1. The summed E-state index contributed by atoms with van der Waals surface area (Å²) in [5.74, 6) is -1.82. The van der Waals surface area contributed by atoms with Gasteiger partial charge in [0.1, 0.15) is 12.3 Å². The van der Waals surface area contributed by atoms with Crippen LogP contribution in [0.25, 0.3) is 0 Å². The first-order chi connectivity index (χ1) is 14.4. The van der Waals surface area contributed by atoms with E-state index in [4.69, 9.17) is 9.47 Å². The zero-order valence-electron chi connectivity index (χ0n) is 16.6. The lowest BCUT2D eigenvalue weighted by Gasteiger charge is -2.09. The summed E-state index contributed by atoms with van der Waals surface area (Å²) in [5.41, 5.74) is 1.44. The van der Waals surface area contributed by atoms with Crippen LogP contribution in [0, 0.1) is 0 Å². The van der Waals surface area contributed by atoms with Crippen molar-refractivity contribution in [3.8, 4) is 5.75 Å². The fourth-order valence-corrected chi connectivity index (χ4v) is 2.41. The Kier molecular flexibility index (Phi) is 8.37. The zero-order chi connectivity index (χ0) is 21.9. The van der Waals surface area contributed by atoms with Gasteiger partial charge in [-0.15, -0.1) is 0 Å². The molecule has 0 aliphatic heterocycles. The molecule has 2 amide bonds. The molecule has 0 aliphatic carbocycles. The highest BCUT2D eigenvalue weighted by Gasteiger charge is 2.14. The number of rotatable bonds is 9. The Balaban J connectivity index is 1.71. The van der Waals surface area contributed by atoms with E-state index in [2.05, 4.69) is 15.4 Å². The molecule has 0 aliphatic rings. The Morgan fingerprint density at radius 2 is 1.60 bits per heavy atom. The van der Waals surface area contributed by atoms with Crippen LogP contribution in [-0.4, -0.2) is 51.1 Å². The third-order valence-corrected chi connectivity index (χ3v) is 3.97. The maximum absolute atomic E-state index is 12.1. The molecule has 0 spiro atoms. The predicted octanol–water partition coefficient (Wildman–Crippen LogP) is 1.07. The number of amides is 2. The molecule has 2 rings (SSSR count). The van der Waals surface area contributed by atoms with E-state index in [1.165, 1.54) is 14.2 Å². The molecule has 0 saturated heterocycles. The van der Waals surface area contributed by atoms with Gasteiger partial charge < -0.3 is 24.8 Å². The fourth-order valence-electron chi connectivity index (χ4n) is 2.41. The van der Waals surface area contributed by atoms with Crippen LogP contribution < -0.4 is 15.4 Å². The number of hydrogen-bond donors (Lipinski definition) is 2. The molecule has 9 nitrogen and oxygen atoms in total. The highest BCUT2D eigenvalue weighted by molar-refractivity contribution is 5.98.